The van der Waals surface area contributed by atoms with Crippen LogP contribution in [0.3, 0.4) is 0 Å². The van der Waals surface area contributed by atoms with E-state index in [1.165, 1.54) is 0 Å². The summed E-state index contributed by atoms with van der Waals surface area (Å²) in [7, 11) is 0. The van der Waals surface area contributed by atoms with Crippen LogP contribution < -0.4 is 5.73 Å². The third-order valence-electron chi connectivity index (χ3n) is 1.67. The molecular weight excluding hydrogens is 232 g/mol. The van der Waals surface area contributed by atoms with Crippen molar-refractivity contribution in [3.63, 3.8) is 0 Å². The molecule has 0 atom stereocenters. The fourth-order valence-corrected chi connectivity index (χ4v) is 1.14. The monoisotopic (exact) mass is 237 g/mol. The van der Waals surface area contributed by atoms with E-state index in [2.05, 4.69) is 4.98 Å². The number of nitrogens with zero attached hydrogens (tertiary/aromatic N) is 2. The molecule has 0 fully saturated rings. The van der Waals surface area contributed by atoms with Crippen molar-refractivity contribution in [2.45, 2.75) is 12.3 Å². The third-order valence-corrected chi connectivity index (χ3v) is 1.94. The Morgan fingerprint density at radius 3 is 2.67 bits per heavy atom. The molecule has 0 aliphatic carbocycles. The summed E-state index contributed by atoms with van der Waals surface area (Å²) in [5.41, 5.74) is 3.94. The van der Waals surface area contributed by atoms with E-state index in [1.54, 1.807) is 0 Å². The lowest BCUT2D eigenvalue weighted by molar-refractivity contribution is -0.388. The highest BCUT2D eigenvalue weighted by Gasteiger charge is 2.24. The van der Waals surface area contributed by atoms with Crippen molar-refractivity contribution in [1.82, 2.24) is 4.98 Å². The molecule has 1 heterocycles. The normalized spacial score (nSPS) is 10.7. The number of hydrogen-bond donors (Lipinski definition) is 1. The molecule has 0 spiro atoms. The van der Waals surface area contributed by atoms with E-state index in [0.29, 0.717) is 0 Å². The molecule has 1 rings (SSSR count). The van der Waals surface area contributed by atoms with E-state index < -0.39 is 28.4 Å². The minimum absolute atomic E-state index is 0.00660. The van der Waals surface area contributed by atoms with Gasteiger partial charge in [0.25, 0.3) is 6.43 Å². The molecule has 82 valence electrons. The van der Waals surface area contributed by atoms with Gasteiger partial charge in [0.1, 0.15) is 5.69 Å². The Balaban J connectivity index is 3.40. The van der Waals surface area contributed by atoms with Crippen molar-refractivity contribution in [2.24, 2.45) is 0 Å². The van der Waals surface area contributed by atoms with E-state index in [1.807, 2.05) is 0 Å². The van der Waals surface area contributed by atoms with Crippen LogP contribution in [0.5, 0.6) is 0 Å². The first-order chi connectivity index (χ1) is 6.97. The van der Waals surface area contributed by atoms with Gasteiger partial charge in [-0.15, -0.1) is 11.6 Å². The molecule has 0 aromatic carbocycles. The lowest BCUT2D eigenvalue weighted by atomic mass is 10.2. The first kappa shape index (κ1) is 11.6. The Morgan fingerprint density at radius 1 is 1.67 bits per heavy atom. The topological polar surface area (TPSA) is 82.0 Å². The zero-order valence-electron chi connectivity index (χ0n) is 7.28. The van der Waals surface area contributed by atoms with Crippen LogP contribution in [0.4, 0.5) is 20.3 Å². The zero-order valence-corrected chi connectivity index (χ0v) is 8.04. The van der Waals surface area contributed by atoms with Crippen molar-refractivity contribution in [2.75, 3.05) is 5.73 Å². The molecule has 5 nitrogen and oxygen atoms in total. The highest BCUT2D eigenvalue weighted by Crippen LogP contribution is 2.31. The van der Waals surface area contributed by atoms with E-state index in [0.717, 1.165) is 6.07 Å². The largest absolute Gasteiger partial charge is 0.391 e. The predicted octanol–water partition coefficient (Wildman–Crippen LogP) is 2.25. The fourth-order valence-electron chi connectivity index (χ4n) is 1.00. The molecule has 0 aliphatic rings. The van der Waals surface area contributed by atoms with Gasteiger partial charge in [0.05, 0.1) is 11.4 Å². The number of anilines is 1. The van der Waals surface area contributed by atoms with Crippen LogP contribution in [0, 0.1) is 10.1 Å². The lowest BCUT2D eigenvalue weighted by Crippen LogP contribution is -2.05. The van der Waals surface area contributed by atoms with Gasteiger partial charge in [0.15, 0.2) is 5.69 Å². The lowest BCUT2D eigenvalue weighted by Gasteiger charge is -2.04. The highest BCUT2D eigenvalue weighted by atomic mass is 35.5. The molecule has 15 heavy (non-hydrogen) atoms. The second kappa shape index (κ2) is 4.35. The average Bonchev–Trinajstić information content (AvgIpc) is 2.17. The van der Waals surface area contributed by atoms with E-state index in [4.69, 9.17) is 17.3 Å². The zero-order chi connectivity index (χ0) is 11.6. The van der Waals surface area contributed by atoms with Crippen LogP contribution in [0.2, 0.25) is 0 Å². The minimum Gasteiger partial charge on any atom is -0.391 e. The summed E-state index contributed by atoms with van der Waals surface area (Å²) < 4.78 is 24.8. The summed E-state index contributed by atoms with van der Waals surface area (Å²) >= 11 is 5.36. The second-order valence-corrected chi connectivity index (χ2v) is 2.90. The molecule has 0 aliphatic heterocycles. The van der Waals surface area contributed by atoms with Crippen molar-refractivity contribution in [1.29, 1.82) is 0 Å². The number of alkyl halides is 3. The molecule has 2 N–H and O–H groups in total. The summed E-state index contributed by atoms with van der Waals surface area (Å²) in [5, 5.41) is 10.4. The molecule has 0 saturated heterocycles. The molecule has 0 amide bonds. The Bertz CT molecular complexity index is 400. The summed E-state index contributed by atoms with van der Waals surface area (Å²) in [6.45, 7) is 0. The van der Waals surface area contributed by atoms with Gasteiger partial charge < -0.3 is 15.8 Å². The van der Waals surface area contributed by atoms with Crippen molar-refractivity contribution < 1.29 is 13.7 Å². The number of nitro groups is 1. The number of aromatic nitrogens is 1. The van der Waals surface area contributed by atoms with Crippen LogP contribution in [-0.4, -0.2) is 9.91 Å². The van der Waals surface area contributed by atoms with Crippen molar-refractivity contribution >= 4 is 23.1 Å². The first-order valence-electron chi connectivity index (χ1n) is 3.75. The van der Waals surface area contributed by atoms with E-state index in [9.17, 15) is 18.9 Å². The van der Waals surface area contributed by atoms with Gasteiger partial charge in [0, 0.05) is 0 Å². The van der Waals surface area contributed by atoms with Gasteiger partial charge in [-0.25, -0.2) is 8.78 Å². The summed E-state index contributed by atoms with van der Waals surface area (Å²) in [4.78, 5) is 13.0. The van der Waals surface area contributed by atoms with Crippen LogP contribution in [-0.2, 0) is 5.88 Å². The van der Waals surface area contributed by atoms with Crippen molar-refractivity contribution in [3.05, 3.63) is 27.4 Å². The van der Waals surface area contributed by atoms with Gasteiger partial charge in [-0.05, 0) is 16.0 Å². The average molecular weight is 238 g/mol. The molecule has 0 saturated carbocycles. The van der Waals surface area contributed by atoms with Crippen LogP contribution in [0.15, 0.2) is 6.07 Å². The number of nitrogens with two attached hydrogens (primary N) is 1. The molecule has 0 radical (unpaired) electrons. The van der Waals surface area contributed by atoms with Crippen LogP contribution in [0.1, 0.15) is 17.7 Å². The standard InChI is InChI=1S/C7H6ClF2N3O2/c8-2-3-1-4(6(9)10)5(11)7(12-3)13(14)15/h1,6H,2,11H2. The first-order valence-corrected chi connectivity index (χ1v) is 4.28. The number of hydrogen-bond acceptors (Lipinski definition) is 4. The predicted molar refractivity (Wildman–Crippen MR) is 49.8 cm³/mol. The summed E-state index contributed by atoms with van der Waals surface area (Å²) in [5.74, 6) is -0.982. The van der Waals surface area contributed by atoms with Gasteiger partial charge in [0.2, 0.25) is 0 Å². The maximum Gasteiger partial charge on any atom is 0.387 e. The number of rotatable bonds is 3. The van der Waals surface area contributed by atoms with E-state index >= 15 is 0 Å². The molecule has 8 heteroatoms. The third kappa shape index (κ3) is 2.30. The summed E-state index contributed by atoms with van der Waals surface area (Å²) in [6, 6.07) is 0.958. The molecule has 1 aromatic heterocycles. The van der Waals surface area contributed by atoms with E-state index in [-0.39, 0.29) is 11.6 Å². The Labute approximate surface area is 88.0 Å². The fraction of sp³-hybridized carbons (Fsp3) is 0.286. The molecule has 0 bridgehead atoms. The maximum absolute atomic E-state index is 12.4. The number of nitrogen functional groups attached to an aromatic ring is 1. The van der Waals surface area contributed by atoms with Crippen LogP contribution >= 0.6 is 11.6 Å². The van der Waals surface area contributed by atoms with Crippen LogP contribution in [0.25, 0.3) is 0 Å². The van der Waals surface area contributed by atoms with Gasteiger partial charge >= 0.3 is 5.82 Å². The number of pyridine rings is 1. The Hall–Kier alpha value is -1.50. The van der Waals surface area contributed by atoms with Gasteiger partial charge in [-0.3, -0.25) is 0 Å². The number of halogens is 3. The second-order valence-electron chi connectivity index (χ2n) is 2.63. The Morgan fingerprint density at radius 2 is 2.27 bits per heavy atom. The van der Waals surface area contributed by atoms with Crippen molar-refractivity contribution in [3.8, 4) is 0 Å². The quantitative estimate of drug-likeness (QED) is 0.497. The molecule has 0 unspecified atom stereocenters. The Kier molecular flexibility index (Phi) is 3.35. The van der Waals surface area contributed by atoms with Gasteiger partial charge in [-0.2, -0.15) is 0 Å². The van der Waals surface area contributed by atoms with Gasteiger partial charge in [-0.1, -0.05) is 0 Å². The smallest absolute Gasteiger partial charge is 0.387 e. The SMILES string of the molecule is Nc1c(C(F)F)cc(CCl)nc1[N+](=O)[O-]. The minimum atomic E-state index is -2.89. The summed E-state index contributed by atoms with van der Waals surface area (Å²) in [6.07, 6.45) is -2.89. The highest BCUT2D eigenvalue weighted by molar-refractivity contribution is 6.16. The maximum atomic E-state index is 12.4. The molecule has 1 aromatic rings. The molecular formula is C7H6ClF2N3O2.